The minimum absolute atomic E-state index is 0.0218. The van der Waals surface area contributed by atoms with Crippen LogP contribution in [0.3, 0.4) is 0 Å². The average molecular weight is 362 g/mol. The third kappa shape index (κ3) is 1.78. The highest BCUT2D eigenvalue weighted by atomic mass is 16.6. The molecular weight excluding hydrogens is 336 g/mol. The molecule has 0 amide bonds. The monoisotopic (exact) mass is 362 g/mol. The molecule has 2 heterocycles. The molecule has 0 aromatic rings. The summed E-state index contributed by atoms with van der Waals surface area (Å²) in [6.07, 6.45) is 1.70. The van der Waals surface area contributed by atoms with Crippen LogP contribution in [0.25, 0.3) is 0 Å². The van der Waals surface area contributed by atoms with Crippen molar-refractivity contribution in [2.24, 2.45) is 29.1 Å². The molecule has 2 saturated carbocycles. The van der Waals surface area contributed by atoms with Gasteiger partial charge in [0.1, 0.15) is 18.0 Å². The van der Waals surface area contributed by atoms with Crippen molar-refractivity contribution in [2.45, 2.75) is 57.3 Å². The minimum atomic E-state index is -0.776. The van der Waals surface area contributed by atoms with Gasteiger partial charge < -0.3 is 19.7 Å². The van der Waals surface area contributed by atoms with Gasteiger partial charge in [0.2, 0.25) is 0 Å². The van der Waals surface area contributed by atoms with Crippen LogP contribution in [-0.4, -0.2) is 53.0 Å². The van der Waals surface area contributed by atoms with E-state index in [4.69, 9.17) is 9.47 Å². The van der Waals surface area contributed by atoms with Crippen molar-refractivity contribution < 1.29 is 29.3 Å². The van der Waals surface area contributed by atoms with Crippen molar-refractivity contribution in [3.8, 4) is 0 Å². The summed E-state index contributed by atoms with van der Waals surface area (Å²) < 4.78 is 11.5. The minimum Gasteiger partial charge on any atom is -0.458 e. The van der Waals surface area contributed by atoms with E-state index >= 15 is 0 Å². The molecule has 2 aliphatic heterocycles. The van der Waals surface area contributed by atoms with E-state index in [0.29, 0.717) is 25.9 Å². The summed E-state index contributed by atoms with van der Waals surface area (Å²) in [7, 11) is 0. The quantitative estimate of drug-likeness (QED) is 0.562. The van der Waals surface area contributed by atoms with Crippen LogP contribution in [-0.2, 0) is 19.1 Å². The lowest BCUT2D eigenvalue weighted by atomic mass is 9.46. The fourth-order valence-electron chi connectivity index (χ4n) is 6.67. The second-order valence-electron chi connectivity index (χ2n) is 9.13. The van der Waals surface area contributed by atoms with Crippen molar-refractivity contribution in [3.05, 3.63) is 11.1 Å². The predicted octanol–water partition coefficient (Wildman–Crippen LogP) is 0.992. The number of ketones is 1. The zero-order chi connectivity index (χ0) is 18.4. The van der Waals surface area contributed by atoms with E-state index in [9.17, 15) is 19.8 Å². The number of carbonyl (C=O) groups excluding carboxylic acids is 2. The highest BCUT2D eigenvalue weighted by Gasteiger charge is 2.80. The Morgan fingerprint density at radius 3 is 2.81 bits per heavy atom. The molecule has 3 aliphatic carbocycles. The van der Waals surface area contributed by atoms with Crippen molar-refractivity contribution in [1.29, 1.82) is 0 Å². The number of carbonyl (C=O) groups is 2. The van der Waals surface area contributed by atoms with Crippen molar-refractivity contribution in [2.75, 3.05) is 13.2 Å². The number of hydrogen-bond donors (Lipinski definition) is 2. The maximum atomic E-state index is 13.3. The van der Waals surface area contributed by atoms with Crippen molar-refractivity contribution >= 4 is 11.8 Å². The van der Waals surface area contributed by atoms with Gasteiger partial charge in [0, 0.05) is 23.5 Å². The number of Topliss-reactive ketones (excluding diaryl/α,β-unsaturated/α-hetero) is 1. The molecule has 3 unspecified atom stereocenters. The molecule has 2 N–H and O–H groups in total. The Kier molecular flexibility index (Phi) is 3.36. The van der Waals surface area contributed by atoms with Gasteiger partial charge in [0.15, 0.2) is 0 Å². The maximum Gasteiger partial charge on any atom is 0.334 e. The third-order valence-electron chi connectivity index (χ3n) is 8.17. The van der Waals surface area contributed by atoms with Gasteiger partial charge in [-0.05, 0) is 43.1 Å². The highest BCUT2D eigenvalue weighted by Crippen LogP contribution is 2.71. The molecule has 0 bridgehead atoms. The summed E-state index contributed by atoms with van der Waals surface area (Å²) in [4.78, 5) is 25.3. The van der Waals surface area contributed by atoms with Crippen LogP contribution in [0.5, 0.6) is 0 Å². The van der Waals surface area contributed by atoms with Crippen LogP contribution in [0.15, 0.2) is 11.1 Å². The first-order valence-electron chi connectivity index (χ1n) is 9.74. The summed E-state index contributed by atoms with van der Waals surface area (Å²) in [5.41, 5.74) is 0.906. The lowest BCUT2D eigenvalue weighted by Gasteiger charge is -2.55. The van der Waals surface area contributed by atoms with Gasteiger partial charge in [-0.1, -0.05) is 13.8 Å². The molecule has 5 aliphatic rings. The standard InChI is InChI=1S/C20H26O6/c1-9(7-21)11-5-15-20(26-15)16(17(11)23)14(22)6-13-12-8-25-18(24)10(12)3-4-19(13,20)2/h9,11,13-16,21-22H,3-8H2,1-2H3/t9-,11?,13?,14-,15-,16?,19-,20-/m0/s1. The molecule has 8 atom stereocenters. The van der Waals surface area contributed by atoms with Gasteiger partial charge in [-0.25, -0.2) is 4.79 Å². The van der Waals surface area contributed by atoms with Crippen LogP contribution in [0.1, 0.15) is 39.5 Å². The van der Waals surface area contributed by atoms with Crippen molar-refractivity contribution in [1.82, 2.24) is 0 Å². The molecule has 6 nitrogen and oxygen atoms in total. The first kappa shape index (κ1) is 16.9. The van der Waals surface area contributed by atoms with Crippen LogP contribution in [0.4, 0.5) is 0 Å². The number of ether oxygens (including phenoxy) is 2. The zero-order valence-electron chi connectivity index (χ0n) is 15.2. The molecule has 0 aromatic carbocycles. The summed E-state index contributed by atoms with van der Waals surface area (Å²) in [6, 6.07) is 0. The number of rotatable bonds is 2. The lowest BCUT2D eigenvalue weighted by molar-refractivity contribution is -0.154. The molecule has 142 valence electrons. The molecule has 26 heavy (non-hydrogen) atoms. The molecule has 3 fully saturated rings. The largest absolute Gasteiger partial charge is 0.458 e. The van der Waals surface area contributed by atoms with E-state index in [0.717, 1.165) is 17.6 Å². The van der Waals surface area contributed by atoms with E-state index in [1.165, 1.54) is 0 Å². The van der Waals surface area contributed by atoms with Crippen LogP contribution in [0.2, 0.25) is 0 Å². The normalized spacial score (nSPS) is 50.4. The number of hydrogen-bond acceptors (Lipinski definition) is 6. The first-order chi connectivity index (χ1) is 12.3. The van der Waals surface area contributed by atoms with E-state index in [2.05, 4.69) is 6.92 Å². The Labute approximate surface area is 152 Å². The summed E-state index contributed by atoms with van der Waals surface area (Å²) >= 11 is 0. The third-order valence-corrected chi connectivity index (χ3v) is 8.17. The molecule has 6 heteroatoms. The van der Waals surface area contributed by atoms with E-state index in [-0.39, 0.29) is 47.6 Å². The van der Waals surface area contributed by atoms with Crippen LogP contribution < -0.4 is 0 Å². The van der Waals surface area contributed by atoms with Crippen LogP contribution in [0, 0.1) is 29.1 Å². The summed E-state index contributed by atoms with van der Waals surface area (Å²) in [5, 5.41) is 20.5. The topological polar surface area (TPSA) is 96.4 Å². The number of aliphatic hydroxyl groups is 2. The summed E-state index contributed by atoms with van der Waals surface area (Å²) in [6.45, 7) is 4.34. The average Bonchev–Trinajstić information content (AvgIpc) is 3.23. The molecule has 1 saturated heterocycles. The fraction of sp³-hybridized carbons (Fsp3) is 0.800. The predicted molar refractivity (Wildman–Crippen MR) is 89.9 cm³/mol. The molecule has 5 rings (SSSR count). The fourth-order valence-corrected chi connectivity index (χ4v) is 6.67. The Balaban J connectivity index is 1.56. The SMILES string of the molecule is C[C@@H](CO)C1C[C@@H]2O[C@]23C(C1=O)[C@@H](O)CC1C2=C(CC[C@@]13C)C(=O)OC2. The van der Waals surface area contributed by atoms with Gasteiger partial charge in [-0.15, -0.1) is 0 Å². The Bertz CT molecular complexity index is 728. The zero-order valence-corrected chi connectivity index (χ0v) is 15.2. The molecule has 0 radical (unpaired) electrons. The van der Waals surface area contributed by atoms with E-state index in [1.807, 2.05) is 6.92 Å². The molecular formula is C20H26O6. The van der Waals surface area contributed by atoms with Gasteiger partial charge in [-0.2, -0.15) is 0 Å². The number of aliphatic hydroxyl groups excluding tert-OH is 2. The number of esters is 1. The number of epoxide rings is 1. The second kappa shape index (κ2) is 5.18. The van der Waals surface area contributed by atoms with Crippen LogP contribution >= 0.6 is 0 Å². The molecule has 1 spiro atoms. The molecule has 0 aromatic heterocycles. The first-order valence-corrected chi connectivity index (χ1v) is 9.74. The number of cyclic esters (lactones) is 1. The van der Waals surface area contributed by atoms with E-state index in [1.54, 1.807) is 0 Å². The Hall–Kier alpha value is -1.24. The smallest absolute Gasteiger partial charge is 0.334 e. The maximum absolute atomic E-state index is 13.3. The Morgan fingerprint density at radius 2 is 2.08 bits per heavy atom. The van der Waals surface area contributed by atoms with Crippen molar-refractivity contribution in [3.63, 3.8) is 0 Å². The lowest BCUT2D eigenvalue weighted by Crippen LogP contribution is -2.63. The van der Waals surface area contributed by atoms with Gasteiger partial charge in [0.25, 0.3) is 0 Å². The number of fused-ring (bicyclic) bond motifs is 2. The van der Waals surface area contributed by atoms with Gasteiger partial charge in [0.05, 0.1) is 18.1 Å². The van der Waals surface area contributed by atoms with E-state index < -0.39 is 17.6 Å². The van der Waals surface area contributed by atoms with Gasteiger partial charge in [-0.3, -0.25) is 4.79 Å². The second-order valence-corrected chi connectivity index (χ2v) is 9.13. The highest BCUT2D eigenvalue weighted by molar-refractivity contribution is 5.92. The summed E-state index contributed by atoms with van der Waals surface area (Å²) in [5.74, 6) is -1.05. The Morgan fingerprint density at radius 1 is 1.31 bits per heavy atom. The van der Waals surface area contributed by atoms with Gasteiger partial charge >= 0.3 is 5.97 Å².